The minimum atomic E-state index is -3.14. The maximum atomic E-state index is 12.4. The molecule has 0 spiro atoms. The Kier molecular flexibility index (Phi) is 5.31. The Bertz CT molecular complexity index is 1040. The molecule has 1 aromatic heterocycles. The quantitative estimate of drug-likeness (QED) is 0.550. The zero-order chi connectivity index (χ0) is 19.6. The Morgan fingerprint density at radius 2 is 2.04 bits per heavy atom. The van der Waals surface area contributed by atoms with Crippen LogP contribution in [-0.2, 0) is 19.4 Å². The van der Waals surface area contributed by atoms with Gasteiger partial charge in [0.05, 0.1) is 11.5 Å². The molecule has 1 fully saturated rings. The van der Waals surface area contributed by atoms with Crippen LogP contribution < -0.4 is 5.63 Å². The summed E-state index contributed by atoms with van der Waals surface area (Å²) in [6, 6.07) is 7.65. The fourth-order valence-corrected chi connectivity index (χ4v) is 4.88. The van der Waals surface area contributed by atoms with E-state index in [4.69, 9.17) is 9.15 Å². The first-order valence-corrected chi connectivity index (χ1v) is 10.3. The number of likely N-dealkylation sites (N-methyl/N-ethyl adjacent to an activating group) is 1. The van der Waals surface area contributed by atoms with Crippen LogP contribution in [0.3, 0.4) is 0 Å². The topological polar surface area (TPSA) is 111 Å². The highest BCUT2D eigenvalue weighted by Gasteiger charge is 2.34. The highest BCUT2D eigenvalue weighted by atomic mass is 32.2. The average molecular weight is 393 g/mol. The molecule has 1 aliphatic heterocycles. The van der Waals surface area contributed by atoms with Gasteiger partial charge in [-0.15, -0.1) is 0 Å². The second kappa shape index (κ2) is 7.51. The molecule has 144 valence electrons. The van der Waals surface area contributed by atoms with Crippen LogP contribution >= 0.6 is 0 Å². The predicted octanol–water partition coefficient (Wildman–Crippen LogP) is 0.985. The monoisotopic (exact) mass is 393 g/mol. The molecule has 1 aliphatic rings. The lowest BCUT2D eigenvalue weighted by molar-refractivity contribution is -0.136. The predicted molar refractivity (Wildman–Crippen MR) is 97.2 cm³/mol. The third-order valence-electron chi connectivity index (χ3n) is 4.50. The Morgan fingerprint density at radius 3 is 2.70 bits per heavy atom. The summed E-state index contributed by atoms with van der Waals surface area (Å²) < 4.78 is 33.3. The first-order valence-electron chi connectivity index (χ1n) is 8.50. The zero-order valence-electron chi connectivity index (χ0n) is 14.7. The number of carbonyl (C=O) groups is 2. The third-order valence-corrected chi connectivity index (χ3v) is 6.25. The van der Waals surface area contributed by atoms with E-state index in [0.717, 1.165) is 0 Å². The lowest BCUT2D eigenvalue weighted by Crippen LogP contribution is -2.43. The molecular formula is C18H19NO7S. The number of fused-ring (bicyclic) bond motifs is 1. The van der Waals surface area contributed by atoms with Crippen molar-refractivity contribution >= 4 is 32.7 Å². The van der Waals surface area contributed by atoms with Gasteiger partial charge in [-0.25, -0.2) is 18.0 Å². The van der Waals surface area contributed by atoms with Gasteiger partial charge in [-0.05, 0) is 25.5 Å². The number of nitrogens with zero attached hydrogens (tertiary/aromatic N) is 1. The molecular weight excluding hydrogens is 374 g/mol. The summed E-state index contributed by atoms with van der Waals surface area (Å²) >= 11 is 0. The fraction of sp³-hybridized carbons (Fsp3) is 0.389. The summed E-state index contributed by atoms with van der Waals surface area (Å²) in [6.07, 6.45) is 0.365. The van der Waals surface area contributed by atoms with Gasteiger partial charge in [0.2, 0.25) is 0 Å². The van der Waals surface area contributed by atoms with E-state index < -0.39 is 40.0 Å². The van der Waals surface area contributed by atoms with Crippen LogP contribution in [0.1, 0.15) is 23.7 Å². The summed E-state index contributed by atoms with van der Waals surface area (Å²) in [7, 11) is -3.14. The molecule has 1 atom stereocenters. The molecule has 0 N–H and O–H groups in total. The molecule has 2 aromatic rings. The standard InChI is InChI=1S/C18H19NO7S/c1-2-19(13-7-8-27(23,24)11-13)16(20)10-25-17(21)14-9-12-5-3-4-6-15(12)26-18(14)22/h3-6,9,13H,2,7-8,10-11H2,1H3/t13-/m1/s1. The van der Waals surface area contributed by atoms with Crippen molar-refractivity contribution in [1.82, 2.24) is 4.90 Å². The maximum absolute atomic E-state index is 12.4. The minimum Gasteiger partial charge on any atom is -0.452 e. The normalized spacial score (nSPS) is 18.3. The Labute approximate surface area is 155 Å². The molecule has 1 aromatic carbocycles. The molecule has 1 saturated heterocycles. The van der Waals surface area contributed by atoms with Gasteiger partial charge in [0.15, 0.2) is 16.4 Å². The number of benzene rings is 1. The van der Waals surface area contributed by atoms with Crippen LogP contribution in [0.5, 0.6) is 0 Å². The molecule has 0 aliphatic carbocycles. The van der Waals surface area contributed by atoms with E-state index in [1.54, 1.807) is 31.2 Å². The summed E-state index contributed by atoms with van der Waals surface area (Å²) in [6.45, 7) is 1.45. The summed E-state index contributed by atoms with van der Waals surface area (Å²) in [4.78, 5) is 37.9. The number of ether oxygens (including phenoxy) is 1. The van der Waals surface area contributed by atoms with Gasteiger partial charge in [0, 0.05) is 18.0 Å². The van der Waals surface area contributed by atoms with Crippen LogP contribution in [0, 0.1) is 0 Å². The summed E-state index contributed by atoms with van der Waals surface area (Å²) in [5.41, 5.74) is -0.803. The van der Waals surface area contributed by atoms with Crippen molar-refractivity contribution < 1.29 is 27.2 Å². The Morgan fingerprint density at radius 1 is 1.30 bits per heavy atom. The van der Waals surface area contributed by atoms with E-state index in [2.05, 4.69) is 0 Å². The van der Waals surface area contributed by atoms with Gasteiger partial charge >= 0.3 is 11.6 Å². The lowest BCUT2D eigenvalue weighted by atomic mass is 10.2. The fourth-order valence-electron chi connectivity index (χ4n) is 3.15. The zero-order valence-corrected chi connectivity index (χ0v) is 15.5. The van der Waals surface area contributed by atoms with Gasteiger partial charge in [-0.1, -0.05) is 18.2 Å². The van der Waals surface area contributed by atoms with Gasteiger partial charge in [-0.2, -0.15) is 0 Å². The van der Waals surface area contributed by atoms with Gasteiger partial charge in [0.25, 0.3) is 5.91 Å². The van der Waals surface area contributed by atoms with Crippen molar-refractivity contribution in [3.63, 3.8) is 0 Å². The molecule has 0 saturated carbocycles. The molecule has 1 amide bonds. The molecule has 27 heavy (non-hydrogen) atoms. The number of hydrogen-bond donors (Lipinski definition) is 0. The number of amides is 1. The van der Waals surface area contributed by atoms with Crippen LogP contribution in [-0.4, -0.2) is 55.9 Å². The molecule has 0 unspecified atom stereocenters. The first kappa shape index (κ1) is 19.1. The van der Waals surface area contributed by atoms with Crippen molar-refractivity contribution in [2.45, 2.75) is 19.4 Å². The first-order chi connectivity index (χ1) is 12.8. The number of rotatable bonds is 5. The highest BCUT2D eigenvalue weighted by Crippen LogP contribution is 2.18. The number of esters is 1. The number of carbonyl (C=O) groups excluding carboxylic acids is 2. The molecule has 3 rings (SSSR count). The van der Waals surface area contributed by atoms with E-state index in [-0.39, 0.29) is 17.1 Å². The Balaban J connectivity index is 1.69. The third kappa shape index (κ3) is 4.19. The van der Waals surface area contributed by atoms with E-state index in [1.165, 1.54) is 11.0 Å². The molecule has 9 heteroatoms. The number of sulfone groups is 1. The van der Waals surface area contributed by atoms with Crippen LogP contribution in [0.15, 0.2) is 39.5 Å². The summed E-state index contributed by atoms with van der Waals surface area (Å²) in [5.74, 6) is -1.51. The van der Waals surface area contributed by atoms with Crippen LogP contribution in [0.25, 0.3) is 11.0 Å². The van der Waals surface area contributed by atoms with Crippen molar-refractivity contribution in [1.29, 1.82) is 0 Å². The SMILES string of the molecule is CCN(C(=O)COC(=O)c1cc2ccccc2oc1=O)[C@@H]1CCS(=O)(=O)C1. The van der Waals surface area contributed by atoms with E-state index in [0.29, 0.717) is 23.9 Å². The number of hydrogen-bond acceptors (Lipinski definition) is 7. The highest BCUT2D eigenvalue weighted by molar-refractivity contribution is 7.91. The van der Waals surface area contributed by atoms with E-state index >= 15 is 0 Å². The van der Waals surface area contributed by atoms with Gasteiger partial charge in [0.1, 0.15) is 11.1 Å². The van der Waals surface area contributed by atoms with Crippen LogP contribution in [0.2, 0.25) is 0 Å². The summed E-state index contributed by atoms with van der Waals surface area (Å²) in [5, 5.41) is 0.557. The van der Waals surface area contributed by atoms with Crippen molar-refractivity contribution in [3.8, 4) is 0 Å². The van der Waals surface area contributed by atoms with Crippen molar-refractivity contribution in [2.24, 2.45) is 0 Å². The maximum Gasteiger partial charge on any atom is 0.351 e. The van der Waals surface area contributed by atoms with Crippen LogP contribution in [0.4, 0.5) is 0 Å². The van der Waals surface area contributed by atoms with Crippen molar-refractivity contribution in [2.75, 3.05) is 24.7 Å². The number of para-hydroxylation sites is 1. The smallest absolute Gasteiger partial charge is 0.351 e. The van der Waals surface area contributed by atoms with Gasteiger partial charge < -0.3 is 14.1 Å². The van der Waals surface area contributed by atoms with E-state index in [9.17, 15) is 22.8 Å². The largest absolute Gasteiger partial charge is 0.452 e. The second-order valence-electron chi connectivity index (χ2n) is 6.30. The van der Waals surface area contributed by atoms with E-state index in [1.807, 2.05) is 0 Å². The lowest BCUT2D eigenvalue weighted by Gasteiger charge is -2.26. The minimum absolute atomic E-state index is 0.0410. The molecule has 0 bridgehead atoms. The van der Waals surface area contributed by atoms with Gasteiger partial charge in [-0.3, -0.25) is 4.79 Å². The Hall–Kier alpha value is -2.68. The second-order valence-corrected chi connectivity index (χ2v) is 8.53. The van der Waals surface area contributed by atoms with Crippen molar-refractivity contribution in [3.05, 3.63) is 46.3 Å². The molecule has 2 heterocycles. The average Bonchev–Trinajstić information content (AvgIpc) is 2.99. The molecule has 8 nitrogen and oxygen atoms in total. The molecule has 0 radical (unpaired) electrons.